The summed E-state index contributed by atoms with van der Waals surface area (Å²) in [4.78, 5) is 27.1. The van der Waals surface area contributed by atoms with Crippen molar-refractivity contribution >= 4 is 29.1 Å². The van der Waals surface area contributed by atoms with Gasteiger partial charge in [0.25, 0.3) is 11.7 Å². The van der Waals surface area contributed by atoms with Crippen molar-refractivity contribution in [1.82, 2.24) is 4.90 Å². The molecule has 3 aromatic carbocycles. The predicted molar refractivity (Wildman–Crippen MR) is 112 cm³/mol. The van der Waals surface area contributed by atoms with E-state index in [0.29, 0.717) is 10.6 Å². The lowest BCUT2D eigenvalue weighted by Gasteiger charge is -2.25. The van der Waals surface area contributed by atoms with Crippen molar-refractivity contribution < 1.29 is 19.1 Å². The number of ketones is 1. The topological polar surface area (TPSA) is 57.6 Å². The Morgan fingerprint density at radius 3 is 2.23 bits per heavy atom. The number of hydrogen-bond donors (Lipinski definition) is 1. The lowest BCUT2D eigenvalue weighted by atomic mass is 9.95. The van der Waals surface area contributed by atoms with Crippen LogP contribution in [0.4, 0.5) is 4.39 Å². The van der Waals surface area contributed by atoms with Crippen LogP contribution in [0.25, 0.3) is 5.76 Å². The van der Waals surface area contributed by atoms with Crippen LogP contribution >= 0.6 is 11.6 Å². The Bertz CT molecular complexity index is 1140. The molecule has 3 aromatic rings. The predicted octanol–water partition coefficient (Wildman–Crippen LogP) is 5.10. The summed E-state index contributed by atoms with van der Waals surface area (Å²) >= 11 is 5.91. The van der Waals surface area contributed by atoms with Gasteiger partial charge >= 0.3 is 0 Å². The van der Waals surface area contributed by atoms with E-state index < -0.39 is 23.5 Å². The fraction of sp³-hybridized carbons (Fsp3) is 0.0833. The lowest BCUT2D eigenvalue weighted by molar-refractivity contribution is -0.140. The number of halogens is 2. The van der Waals surface area contributed by atoms with Crippen LogP contribution in [0.5, 0.6) is 0 Å². The fourth-order valence-corrected chi connectivity index (χ4v) is 3.73. The number of hydrogen-bond acceptors (Lipinski definition) is 3. The highest BCUT2D eigenvalue weighted by molar-refractivity contribution is 6.46. The zero-order valence-corrected chi connectivity index (χ0v) is 16.5. The first-order valence-corrected chi connectivity index (χ1v) is 9.68. The van der Waals surface area contributed by atoms with Crippen molar-refractivity contribution in [3.63, 3.8) is 0 Å². The van der Waals surface area contributed by atoms with E-state index in [9.17, 15) is 19.1 Å². The largest absolute Gasteiger partial charge is 0.507 e. The monoisotopic (exact) mass is 421 g/mol. The van der Waals surface area contributed by atoms with Gasteiger partial charge < -0.3 is 10.0 Å². The van der Waals surface area contributed by atoms with Crippen molar-refractivity contribution in [2.45, 2.75) is 12.6 Å². The zero-order chi connectivity index (χ0) is 21.3. The molecule has 0 radical (unpaired) electrons. The maximum atomic E-state index is 14.7. The Balaban J connectivity index is 1.88. The molecular formula is C24H17ClFNO3. The number of Topliss-reactive ketones (excluding diaryl/α,β-unsaturated/α-hetero) is 1. The van der Waals surface area contributed by atoms with E-state index in [2.05, 4.69) is 0 Å². The maximum absolute atomic E-state index is 14.7. The molecule has 1 amide bonds. The number of aliphatic hydroxyl groups excluding tert-OH is 1. The number of carbonyl (C=O) groups is 2. The summed E-state index contributed by atoms with van der Waals surface area (Å²) in [5, 5.41) is 11.4. The Morgan fingerprint density at radius 2 is 1.57 bits per heavy atom. The highest BCUT2D eigenvalue weighted by atomic mass is 35.5. The first-order chi connectivity index (χ1) is 14.5. The molecule has 30 heavy (non-hydrogen) atoms. The molecule has 1 aliphatic heterocycles. The maximum Gasteiger partial charge on any atom is 0.295 e. The smallest absolute Gasteiger partial charge is 0.295 e. The summed E-state index contributed by atoms with van der Waals surface area (Å²) in [7, 11) is 0. The highest BCUT2D eigenvalue weighted by Crippen LogP contribution is 2.41. The molecule has 1 unspecified atom stereocenters. The second-order valence-electron chi connectivity index (χ2n) is 6.94. The van der Waals surface area contributed by atoms with Gasteiger partial charge in [-0.05, 0) is 35.9 Å². The summed E-state index contributed by atoms with van der Waals surface area (Å²) in [6, 6.07) is 20.2. The summed E-state index contributed by atoms with van der Waals surface area (Å²) in [5.74, 6) is -2.58. The summed E-state index contributed by atoms with van der Waals surface area (Å²) < 4.78 is 14.7. The Hall–Kier alpha value is -3.44. The standard InChI is InChI=1S/C24H17ClFNO3/c25-17-12-10-16(11-13-17)22(28)20-21(18-8-4-5-9-19(18)26)27(24(30)23(20)29)14-15-6-2-1-3-7-15/h1-13,21,28H,14H2/b22-20-. The van der Waals surface area contributed by atoms with Crippen molar-refractivity contribution in [1.29, 1.82) is 0 Å². The SMILES string of the molecule is O=C1C(=O)N(Cc2ccccc2)C(c2ccccc2F)/C1=C(/O)c1ccc(Cl)cc1. The van der Waals surface area contributed by atoms with E-state index in [-0.39, 0.29) is 23.4 Å². The molecule has 150 valence electrons. The quantitative estimate of drug-likeness (QED) is 0.362. The molecule has 0 spiro atoms. The van der Waals surface area contributed by atoms with Gasteiger partial charge in [-0.3, -0.25) is 9.59 Å². The van der Waals surface area contributed by atoms with E-state index >= 15 is 0 Å². The van der Waals surface area contributed by atoms with E-state index in [0.717, 1.165) is 5.56 Å². The summed E-state index contributed by atoms with van der Waals surface area (Å²) in [6.45, 7) is 0.0990. The molecule has 0 aromatic heterocycles. The average molecular weight is 422 g/mol. The molecule has 4 nitrogen and oxygen atoms in total. The molecule has 6 heteroatoms. The van der Waals surface area contributed by atoms with Crippen LogP contribution in [-0.4, -0.2) is 21.7 Å². The number of nitrogens with zero attached hydrogens (tertiary/aromatic N) is 1. The van der Waals surface area contributed by atoms with E-state index in [1.165, 1.54) is 23.1 Å². The molecule has 1 atom stereocenters. The molecule has 1 N–H and O–H groups in total. The lowest BCUT2D eigenvalue weighted by Crippen LogP contribution is -2.29. The minimum atomic E-state index is -1.05. The number of benzene rings is 3. The second-order valence-corrected chi connectivity index (χ2v) is 7.38. The molecule has 0 aliphatic carbocycles. The zero-order valence-electron chi connectivity index (χ0n) is 15.8. The van der Waals surface area contributed by atoms with Crippen molar-refractivity contribution in [2.24, 2.45) is 0 Å². The summed E-state index contributed by atoms with van der Waals surface area (Å²) in [6.07, 6.45) is 0. The summed E-state index contributed by atoms with van der Waals surface area (Å²) in [5.41, 5.74) is 1.09. The number of likely N-dealkylation sites (tertiary alicyclic amines) is 1. The van der Waals surface area contributed by atoms with Gasteiger partial charge in [0, 0.05) is 22.7 Å². The number of carbonyl (C=O) groups excluding carboxylic acids is 2. The second kappa shape index (κ2) is 8.13. The van der Waals surface area contributed by atoms with Gasteiger partial charge in [0.1, 0.15) is 11.6 Å². The van der Waals surface area contributed by atoms with Crippen LogP contribution < -0.4 is 0 Å². The molecular weight excluding hydrogens is 405 g/mol. The number of rotatable bonds is 4. The van der Waals surface area contributed by atoms with E-state index in [4.69, 9.17) is 11.6 Å². The van der Waals surface area contributed by atoms with Crippen LogP contribution in [0.15, 0.2) is 84.4 Å². The Morgan fingerprint density at radius 1 is 0.933 bits per heavy atom. The van der Waals surface area contributed by atoms with Crippen LogP contribution in [0, 0.1) is 5.82 Å². The Labute approximate surface area is 177 Å². The van der Waals surface area contributed by atoms with Crippen LogP contribution in [0.1, 0.15) is 22.7 Å². The minimum Gasteiger partial charge on any atom is -0.507 e. The highest BCUT2D eigenvalue weighted by Gasteiger charge is 2.46. The third kappa shape index (κ3) is 3.60. The molecule has 4 rings (SSSR count). The molecule has 0 bridgehead atoms. The minimum absolute atomic E-state index is 0.0990. The third-order valence-electron chi connectivity index (χ3n) is 5.05. The Kier molecular flexibility index (Phi) is 5.38. The number of amides is 1. The van der Waals surface area contributed by atoms with Crippen molar-refractivity contribution in [3.8, 4) is 0 Å². The third-order valence-corrected chi connectivity index (χ3v) is 5.31. The van der Waals surface area contributed by atoms with Gasteiger partial charge in [0.05, 0.1) is 11.6 Å². The molecule has 0 saturated carbocycles. The molecule has 1 saturated heterocycles. The van der Waals surface area contributed by atoms with E-state index in [1.54, 1.807) is 30.3 Å². The first-order valence-electron chi connectivity index (χ1n) is 9.30. The van der Waals surface area contributed by atoms with Crippen molar-refractivity contribution in [2.75, 3.05) is 0 Å². The van der Waals surface area contributed by atoms with Gasteiger partial charge in [-0.2, -0.15) is 0 Å². The molecule has 1 heterocycles. The van der Waals surface area contributed by atoms with Gasteiger partial charge in [0.15, 0.2) is 0 Å². The van der Waals surface area contributed by atoms with Crippen LogP contribution in [-0.2, 0) is 16.1 Å². The van der Waals surface area contributed by atoms with Gasteiger partial charge in [-0.25, -0.2) is 4.39 Å². The molecule has 1 aliphatic rings. The van der Waals surface area contributed by atoms with Crippen LogP contribution in [0.3, 0.4) is 0 Å². The van der Waals surface area contributed by atoms with Gasteiger partial charge in [-0.1, -0.05) is 60.1 Å². The average Bonchev–Trinajstić information content (AvgIpc) is 3.00. The first kappa shape index (κ1) is 19.9. The number of aliphatic hydroxyl groups is 1. The van der Waals surface area contributed by atoms with Crippen LogP contribution in [0.2, 0.25) is 5.02 Å². The fourth-order valence-electron chi connectivity index (χ4n) is 3.61. The van der Waals surface area contributed by atoms with Crippen molar-refractivity contribution in [3.05, 3.63) is 112 Å². The normalized spacial score (nSPS) is 18.1. The molecule has 1 fully saturated rings. The van der Waals surface area contributed by atoms with E-state index in [1.807, 2.05) is 30.3 Å². The van der Waals surface area contributed by atoms with Gasteiger partial charge in [-0.15, -0.1) is 0 Å². The van der Waals surface area contributed by atoms with Gasteiger partial charge in [0.2, 0.25) is 0 Å².